The normalized spacial score (nSPS) is 12.1. The maximum atomic E-state index is 12.7. The lowest BCUT2D eigenvalue weighted by Gasteiger charge is -2.11. The second kappa shape index (κ2) is 7.32. The number of pyridine rings is 2. The second-order valence-corrected chi connectivity index (χ2v) is 5.26. The number of aliphatic imine (C=N–C) groups is 1. The second-order valence-electron chi connectivity index (χ2n) is 5.26. The van der Waals surface area contributed by atoms with Gasteiger partial charge in [0.25, 0.3) is 0 Å². The number of rotatable bonds is 3. The number of carbonyl (C=O) groups excluding carboxylic acids is 1. The Hall–Kier alpha value is -3.63. The summed E-state index contributed by atoms with van der Waals surface area (Å²) < 4.78 is 38.0. The highest BCUT2D eigenvalue weighted by atomic mass is 19.4. The number of alkyl halides is 3. The lowest BCUT2D eigenvalue weighted by molar-refractivity contribution is -0.137. The smallest absolute Gasteiger partial charge is 0.310 e. The van der Waals surface area contributed by atoms with E-state index in [-0.39, 0.29) is 11.7 Å². The fraction of sp³-hybridized carbons (Fsp3) is 0.125. The number of hydrogen-bond donors (Lipinski definition) is 1. The predicted molar refractivity (Wildman–Crippen MR) is 88.4 cm³/mol. The number of halogens is 3. The van der Waals surface area contributed by atoms with E-state index < -0.39 is 17.6 Å². The predicted octanol–water partition coefficient (Wildman–Crippen LogP) is 2.29. The van der Waals surface area contributed by atoms with Crippen molar-refractivity contribution in [3.05, 3.63) is 60.3 Å². The van der Waals surface area contributed by atoms with Gasteiger partial charge in [0.15, 0.2) is 5.82 Å². The first-order valence-electron chi connectivity index (χ1n) is 7.55. The first-order chi connectivity index (χ1) is 12.8. The van der Waals surface area contributed by atoms with Crippen LogP contribution in [-0.4, -0.2) is 36.7 Å². The van der Waals surface area contributed by atoms with Gasteiger partial charge in [0.05, 0.1) is 24.2 Å². The van der Waals surface area contributed by atoms with E-state index in [4.69, 9.17) is 0 Å². The molecule has 1 amide bonds. The summed E-state index contributed by atoms with van der Waals surface area (Å²) in [6.45, 7) is 1.28. The van der Waals surface area contributed by atoms with Gasteiger partial charge in [-0.3, -0.25) is 9.78 Å². The van der Waals surface area contributed by atoms with Crippen molar-refractivity contribution >= 4 is 17.6 Å². The molecular formula is C16H12F3N7O. The van der Waals surface area contributed by atoms with E-state index in [1.54, 1.807) is 6.07 Å². The lowest BCUT2D eigenvalue weighted by atomic mass is 10.2. The van der Waals surface area contributed by atoms with Gasteiger partial charge in [0, 0.05) is 24.9 Å². The molecule has 27 heavy (non-hydrogen) atoms. The van der Waals surface area contributed by atoms with Crippen LogP contribution >= 0.6 is 0 Å². The van der Waals surface area contributed by atoms with Gasteiger partial charge < -0.3 is 5.32 Å². The van der Waals surface area contributed by atoms with Gasteiger partial charge in [-0.05, 0) is 18.2 Å². The quantitative estimate of drug-likeness (QED) is 0.560. The van der Waals surface area contributed by atoms with Gasteiger partial charge >= 0.3 is 6.18 Å². The van der Waals surface area contributed by atoms with E-state index in [1.807, 2.05) is 0 Å². The standard InChI is InChI=1S/C16H12F3N7O/c1-10(27)24-15(25-14-3-2-11(8-21-14)16(17,18)19)12-4-5-20-9-13(12)26-22-6-7-23-26/h2-9H,1H3,(H,21,24,25,27). The van der Waals surface area contributed by atoms with Crippen molar-refractivity contribution in [3.8, 4) is 5.69 Å². The van der Waals surface area contributed by atoms with Crippen LogP contribution < -0.4 is 5.32 Å². The fourth-order valence-electron chi connectivity index (χ4n) is 2.14. The third-order valence-electron chi connectivity index (χ3n) is 3.29. The maximum absolute atomic E-state index is 12.7. The van der Waals surface area contributed by atoms with Crippen LogP contribution in [0.1, 0.15) is 18.1 Å². The lowest BCUT2D eigenvalue weighted by Crippen LogP contribution is -2.30. The van der Waals surface area contributed by atoms with E-state index in [1.165, 1.54) is 36.5 Å². The number of amides is 1. The third kappa shape index (κ3) is 4.32. The maximum Gasteiger partial charge on any atom is 0.417 e. The van der Waals surface area contributed by atoms with E-state index in [0.29, 0.717) is 17.4 Å². The van der Waals surface area contributed by atoms with Crippen molar-refractivity contribution in [1.82, 2.24) is 30.3 Å². The molecule has 0 bridgehead atoms. The third-order valence-corrected chi connectivity index (χ3v) is 3.29. The molecule has 0 aliphatic heterocycles. The summed E-state index contributed by atoms with van der Waals surface area (Å²) in [6.07, 6.45) is 2.03. The highest BCUT2D eigenvalue weighted by Crippen LogP contribution is 2.29. The van der Waals surface area contributed by atoms with Crippen molar-refractivity contribution < 1.29 is 18.0 Å². The topological polar surface area (TPSA) is 98.0 Å². The van der Waals surface area contributed by atoms with Crippen molar-refractivity contribution in [1.29, 1.82) is 0 Å². The number of nitrogens with one attached hydrogen (secondary N) is 1. The van der Waals surface area contributed by atoms with Crippen molar-refractivity contribution in [3.63, 3.8) is 0 Å². The van der Waals surface area contributed by atoms with Crippen LogP contribution in [0, 0.1) is 0 Å². The zero-order chi connectivity index (χ0) is 19.4. The molecule has 0 aromatic carbocycles. The highest BCUT2D eigenvalue weighted by Gasteiger charge is 2.30. The number of aromatic nitrogens is 5. The Labute approximate surface area is 150 Å². The Morgan fingerprint density at radius 2 is 1.85 bits per heavy atom. The number of carbonyl (C=O) groups is 1. The molecule has 3 heterocycles. The molecule has 0 fully saturated rings. The van der Waals surface area contributed by atoms with Gasteiger partial charge in [0.2, 0.25) is 5.91 Å². The SMILES string of the molecule is CC(=O)NC(=Nc1ccc(C(F)(F)F)cn1)c1ccncc1-n1nccn1. The molecule has 0 saturated carbocycles. The largest absolute Gasteiger partial charge is 0.417 e. The van der Waals surface area contributed by atoms with Crippen LogP contribution in [0.4, 0.5) is 19.0 Å². The molecule has 0 unspecified atom stereocenters. The van der Waals surface area contributed by atoms with E-state index in [9.17, 15) is 18.0 Å². The Balaban J connectivity index is 2.06. The zero-order valence-corrected chi connectivity index (χ0v) is 13.8. The molecule has 3 rings (SSSR count). The first kappa shape index (κ1) is 18.2. The average molecular weight is 375 g/mol. The summed E-state index contributed by atoms with van der Waals surface area (Å²) in [5.41, 5.74) is -0.0622. The average Bonchev–Trinajstić information content (AvgIpc) is 3.15. The minimum Gasteiger partial charge on any atom is -0.310 e. The molecule has 3 aromatic rings. The van der Waals surface area contributed by atoms with Crippen LogP contribution in [-0.2, 0) is 11.0 Å². The minimum absolute atomic E-state index is 0.0112. The van der Waals surface area contributed by atoms with Crippen LogP contribution in [0.15, 0.2) is 54.2 Å². The molecule has 0 radical (unpaired) electrons. The van der Waals surface area contributed by atoms with E-state index in [2.05, 4.69) is 30.5 Å². The summed E-state index contributed by atoms with van der Waals surface area (Å²) in [4.78, 5) is 24.7. The summed E-state index contributed by atoms with van der Waals surface area (Å²) in [7, 11) is 0. The van der Waals surface area contributed by atoms with Crippen molar-refractivity contribution in [2.45, 2.75) is 13.1 Å². The number of hydrogen-bond acceptors (Lipinski definition) is 6. The number of nitrogens with zero attached hydrogens (tertiary/aromatic N) is 6. The van der Waals surface area contributed by atoms with E-state index >= 15 is 0 Å². The van der Waals surface area contributed by atoms with Crippen LogP contribution in [0.5, 0.6) is 0 Å². The molecule has 0 aliphatic carbocycles. The Morgan fingerprint density at radius 1 is 1.11 bits per heavy atom. The van der Waals surface area contributed by atoms with Crippen LogP contribution in [0.3, 0.4) is 0 Å². The van der Waals surface area contributed by atoms with Gasteiger partial charge in [-0.25, -0.2) is 9.98 Å². The first-order valence-corrected chi connectivity index (χ1v) is 7.55. The molecule has 0 spiro atoms. The van der Waals surface area contributed by atoms with Gasteiger partial charge in [0.1, 0.15) is 11.5 Å². The van der Waals surface area contributed by atoms with Crippen molar-refractivity contribution in [2.75, 3.05) is 0 Å². The summed E-state index contributed by atoms with van der Waals surface area (Å²) in [6, 6.07) is 3.54. The molecule has 0 aliphatic rings. The molecule has 1 N–H and O–H groups in total. The molecule has 0 atom stereocenters. The van der Waals surface area contributed by atoms with E-state index in [0.717, 1.165) is 12.1 Å². The monoisotopic (exact) mass is 375 g/mol. The molecule has 3 aromatic heterocycles. The Bertz CT molecular complexity index is 966. The molecular weight excluding hydrogens is 363 g/mol. The van der Waals surface area contributed by atoms with Crippen LogP contribution in [0.2, 0.25) is 0 Å². The molecule has 0 saturated heterocycles. The Morgan fingerprint density at radius 3 is 2.44 bits per heavy atom. The highest BCUT2D eigenvalue weighted by molar-refractivity contribution is 6.10. The molecule has 138 valence electrons. The molecule has 8 nitrogen and oxygen atoms in total. The summed E-state index contributed by atoms with van der Waals surface area (Å²) in [5.74, 6) is -0.357. The summed E-state index contributed by atoms with van der Waals surface area (Å²) in [5, 5.41) is 10.6. The van der Waals surface area contributed by atoms with Gasteiger partial charge in [-0.15, -0.1) is 4.80 Å². The minimum atomic E-state index is -4.50. The van der Waals surface area contributed by atoms with Gasteiger partial charge in [-0.1, -0.05) is 0 Å². The Kier molecular flexibility index (Phi) is 4.92. The number of amidine groups is 1. The fourth-order valence-corrected chi connectivity index (χ4v) is 2.14. The zero-order valence-electron chi connectivity index (χ0n) is 13.8. The molecule has 11 heteroatoms. The van der Waals surface area contributed by atoms with Crippen LogP contribution in [0.25, 0.3) is 5.69 Å². The van der Waals surface area contributed by atoms with Gasteiger partial charge in [-0.2, -0.15) is 23.4 Å². The van der Waals surface area contributed by atoms with Crippen molar-refractivity contribution in [2.24, 2.45) is 4.99 Å². The summed E-state index contributed by atoms with van der Waals surface area (Å²) >= 11 is 0.